The molecule has 0 radical (unpaired) electrons. The molecular weight excluding hydrogens is 242 g/mol. The van der Waals surface area contributed by atoms with E-state index < -0.39 is 0 Å². The Morgan fingerprint density at radius 2 is 1.94 bits per heavy atom. The molecule has 0 saturated heterocycles. The Morgan fingerprint density at radius 1 is 1.33 bits per heavy atom. The van der Waals surface area contributed by atoms with E-state index in [1.54, 1.807) is 7.11 Å². The summed E-state index contributed by atoms with van der Waals surface area (Å²) in [7, 11) is 1.70. The molecule has 0 aliphatic heterocycles. The maximum atomic E-state index is 8.60. The van der Waals surface area contributed by atoms with Crippen molar-refractivity contribution >= 4 is 11.8 Å². The van der Waals surface area contributed by atoms with Crippen molar-refractivity contribution in [3.05, 3.63) is 28.8 Å². The van der Waals surface area contributed by atoms with Crippen LogP contribution in [0.3, 0.4) is 0 Å². The van der Waals surface area contributed by atoms with Gasteiger partial charge in [-0.25, -0.2) is 0 Å². The Morgan fingerprint density at radius 3 is 2.39 bits per heavy atom. The highest BCUT2D eigenvalue weighted by molar-refractivity contribution is 8.03. The van der Waals surface area contributed by atoms with Crippen molar-refractivity contribution in [1.82, 2.24) is 0 Å². The number of nitriles is 1. The largest absolute Gasteiger partial charge is 0.497 e. The monoisotopic (exact) mass is 263 g/mol. The van der Waals surface area contributed by atoms with Gasteiger partial charge < -0.3 is 4.74 Å². The molecule has 1 rings (SSSR count). The van der Waals surface area contributed by atoms with Crippen molar-refractivity contribution in [2.24, 2.45) is 0 Å². The summed E-state index contributed by atoms with van der Waals surface area (Å²) in [6.45, 7) is 6.50. The van der Waals surface area contributed by atoms with E-state index in [0.29, 0.717) is 5.92 Å². The molecule has 1 aromatic carbocycles. The van der Waals surface area contributed by atoms with Gasteiger partial charge in [-0.05, 0) is 73.2 Å². The Hall–Kier alpha value is -1.14. The molecule has 0 aliphatic carbocycles. The van der Waals surface area contributed by atoms with E-state index in [2.05, 4.69) is 38.3 Å². The summed E-state index contributed by atoms with van der Waals surface area (Å²) in [4.78, 5) is 0. The molecule has 0 bridgehead atoms. The number of nitrogens with zero attached hydrogens (tertiary/aromatic N) is 1. The fourth-order valence-corrected chi connectivity index (χ4v) is 2.99. The van der Waals surface area contributed by atoms with Crippen LogP contribution in [-0.4, -0.2) is 12.9 Å². The van der Waals surface area contributed by atoms with Crippen LogP contribution in [-0.2, 0) is 0 Å². The summed E-state index contributed by atoms with van der Waals surface area (Å²) in [6.07, 6.45) is 2.17. The van der Waals surface area contributed by atoms with Crippen molar-refractivity contribution < 1.29 is 4.74 Å². The zero-order valence-electron chi connectivity index (χ0n) is 11.6. The molecule has 0 heterocycles. The van der Waals surface area contributed by atoms with Gasteiger partial charge in [0.25, 0.3) is 0 Å². The van der Waals surface area contributed by atoms with Gasteiger partial charge in [-0.1, -0.05) is 6.92 Å². The third-order valence-corrected chi connectivity index (χ3v) is 3.91. The highest BCUT2D eigenvalue weighted by Crippen LogP contribution is 2.32. The highest BCUT2D eigenvalue weighted by Gasteiger charge is 2.15. The Labute approximate surface area is 114 Å². The molecule has 0 N–H and O–H groups in total. The summed E-state index contributed by atoms with van der Waals surface area (Å²) in [6, 6.07) is 4.20. The molecule has 0 aromatic heterocycles. The van der Waals surface area contributed by atoms with Gasteiger partial charge in [0.05, 0.1) is 7.11 Å². The van der Waals surface area contributed by atoms with Crippen LogP contribution in [0.25, 0.3) is 0 Å². The van der Waals surface area contributed by atoms with Crippen LogP contribution in [0, 0.1) is 24.5 Å². The lowest BCUT2D eigenvalue weighted by molar-refractivity contribution is 0.413. The van der Waals surface area contributed by atoms with Crippen molar-refractivity contribution in [1.29, 1.82) is 5.26 Å². The first-order chi connectivity index (χ1) is 8.63. The molecular formula is C15H21NOS. The van der Waals surface area contributed by atoms with Crippen molar-refractivity contribution in [2.75, 3.05) is 12.9 Å². The lowest BCUT2D eigenvalue weighted by Gasteiger charge is -2.20. The van der Waals surface area contributed by atoms with Crippen molar-refractivity contribution in [3.8, 4) is 11.2 Å². The summed E-state index contributed by atoms with van der Waals surface area (Å²) < 4.78 is 5.30. The van der Waals surface area contributed by atoms with E-state index in [9.17, 15) is 0 Å². The molecule has 2 nitrogen and oxygen atoms in total. The SMILES string of the molecule is CCC(CCSC#N)c1c(C)cc(OC)cc1C. The number of benzene rings is 1. The number of thioether (sulfide) groups is 1. The lowest BCUT2D eigenvalue weighted by atomic mass is 9.87. The zero-order valence-corrected chi connectivity index (χ0v) is 12.4. The minimum Gasteiger partial charge on any atom is -0.497 e. The third kappa shape index (κ3) is 3.68. The van der Waals surface area contributed by atoms with Crippen LogP contribution >= 0.6 is 11.8 Å². The predicted octanol–water partition coefficient (Wildman–Crippen LogP) is 4.41. The number of hydrogen-bond acceptors (Lipinski definition) is 3. The van der Waals surface area contributed by atoms with Gasteiger partial charge in [0, 0.05) is 5.75 Å². The van der Waals surface area contributed by atoms with Gasteiger partial charge in [0.1, 0.15) is 11.2 Å². The van der Waals surface area contributed by atoms with Crippen LogP contribution in [0.1, 0.15) is 42.4 Å². The fourth-order valence-electron chi connectivity index (χ4n) is 2.50. The Bertz CT molecular complexity index is 414. The maximum absolute atomic E-state index is 8.60. The molecule has 3 heteroatoms. The van der Waals surface area contributed by atoms with Crippen LogP contribution in [0.4, 0.5) is 0 Å². The van der Waals surface area contributed by atoms with Gasteiger partial charge in [-0.3, -0.25) is 0 Å². The standard InChI is InChI=1S/C15H21NOS/c1-5-13(6-7-18-10-16)15-11(2)8-14(17-4)9-12(15)3/h8-9,13H,5-7H2,1-4H3. The minimum atomic E-state index is 0.539. The second kappa shape index (κ2) is 7.33. The predicted molar refractivity (Wildman–Crippen MR) is 78.2 cm³/mol. The van der Waals surface area contributed by atoms with Gasteiger partial charge in [-0.2, -0.15) is 5.26 Å². The molecule has 1 aromatic rings. The van der Waals surface area contributed by atoms with E-state index in [1.807, 2.05) is 0 Å². The molecule has 0 amide bonds. The van der Waals surface area contributed by atoms with Crippen LogP contribution in [0.5, 0.6) is 5.75 Å². The first-order valence-electron chi connectivity index (χ1n) is 6.30. The smallest absolute Gasteiger partial charge is 0.133 e. The van der Waals surface area contributed by atoms with Crippen LogP contribution in [0.2, 0.25) is 0 Å². The van der Waals surface area contributed by atoms with Gasteiger partial charge in [0.2, 0.25) is 0 Å². The quantitative estimate of drug-likeness (QED) is 0.563. The van der Waals surface area contributed by atoms with E-state index >= 15 is 0 Å². The van der Waals surface area contributed by atoms with Gasteiger partial charge >= 0.3 is 0 Å². The molecule has 18 heavy (non-hydrogen) atoms. The minimum absolute atomic E-state index is 0.539. The van der Waals surface area contributed by atoms with Crippen LogP contribution < -0.4 is 4.74 Å². The summed E-state index contributed by atoms with van der Waals surface area (Å²) in [5.74, 6) is 2.37. The Balaban J connectivity index is 2.95. The first kappa shape index (κ1) is 14.9. The first-order valence-corrected chi connectivity index (χ1v) is 7.28. The van der Waals surface area contributed by atoms with Crippen molar-refractivity contribution in [2.45, 2.75) is 39.5 Å². The average molecular weight is 263 g/mol. The fraction of sp³-hybridized carbons (Fsp3) is 0.533. The Kier molecular flexibility index (Phi) is 6.07. The topological polar surface area (TPSA) is 33.0 Å². The van der Waals surface area contributed by atoms with E-state index in [4.69, 9.17) is 10.00 Å². The van der Waals surface area contributed by atoms with E-state index in [-0.39, 0.29) is 0 Å². The summed E-state index contributed by atoms with van der Waals surface area (Å²) in [5, 5.41) is 10.7. The normalized spacial score (nSPS) is 11.9. The molecule has 0 saturated carbocycles. The highest BCUT2D eigenvalue weighted by atomic mass is 32.2. The second-order valence-electron chi connectivity index (χ2n) is 4.51. The maximum Gasteiger partial charge on any atom is 0.133 e. The second-order valence-corrected chi connectivity index (χ2v) is 5.39. The molecule has 0 spiro atoms. The number of ether oxygens (including phenoxy) is 1. The molecule has 0 aliphatic rings. The number of rotatable bonds is 6. The number of hydrogen-bond donors (Lipinski definition) is 0. The molecule has 1 unspecified atom stereocenters. The number of methoxy groups -OCH3 is 1. The van der Waals surface area contributed by atoms with Crippen molar-refractivity contribution in [3.63, 3.8) is 0 Å². The third-order valence-electron chi connectivity index (χ3n) is 3.34. The number of thiocyanates is 1. The van der Waals surface area contributed by atoms with Gasteiger partial charge in [-0.15, -0.1) is 0 Å². The molecule has 0 fully saturated rings. The van der Waals surface area contributed by atoms with Crippen LogP contribution in [0.15, 0.2) is 12.1 Å². The summed E-state index contributed by atoms with van der Waals surface area (Å²) in [5.41, 5.74) is 4.01. The number of aryl methyl sites for hydroxylation is 2. The van der Waals surface area contributed by atoms with E-state index in [1.165, 1.54) is 28.5 Å². The van der Waals surface area contributed by atoms with Gasteiger partial charge in [0.15, 0.2) is 0 Å². The summed E-state index contributed by atoms with van der Waals surface area (Å²) >= 11 is 1.35. The average Bonchev–Trinajstić information content (AvgIpc) is 2.35. The molecule has 1 atom stereocenters. The molecule has 98 valence electrons. The lowest BCUT2D eigenvalue weighted by Crippen LogP contribution is -2.04. The van der Waals surface area contributed by atoms with E-state index in [0.717, 1.165) is 24.3 Å². The zero-order chi connectivity index (χ0) is 13.5.